The standard InChI is InChI=1S/C15H18F3N3O4S/c16-15(17,18)26(24,25)12-3-4-13(14(9-12)21(22)23)20-7-5-11(6-8-20)19-10-1-2-10/h3-4,9-11,19H,1-2,5-8H2. The maximum absolute atomic E-state index is 12.7. The van der Waals surface area contributed by atoms with Crippen LogP contribution in [0, 0.1) is 10.1 Å². The van der Waals surface area contributed by atoms with Gasteiger partial charge in [-0.1, -0.05) is 0 Å². The van der Waals surface area contributed by atoms with Gasteiger partial charge in [-0.15, -0.1) is 0 Å². The van der Waals surface area contributed by atoms with Crippen LogP contribution in [0.5, 0.6) is 0 Å². The maximum atomic E-state index is 12.7. The highest BCUT2D eigenvalue weighted by molar-refractivity contribution is 7.92. The second-order valence-electron chi connectivity index (χ2n) is 6.56. The van der Waals surface area contributed by atoms with Gasteiger partial charge >= 0.3 is 5.51 Å². The third-order valence-electron chi connectivity index (χ3n) is 4.64. The van der Waals surface area contributed by atoms with Gasteiger partial charge in [0.05, 0.1) is 9.82 Å². The smallest absolute Gasteiger partial charge is 0.366 e. The zero-order valence-electron chi connectivity index (χ0n) is 13.7. The van der Waals surface area contributed by atoms with Crippen molar-refractivity contribution >= 4 is 21.2 Å². The molecule has 0 atom stereocenters. The molecule has 0 amide bonds. The van der Waals surface area contributed by atoms with Crippen LogP contribution in [0.25, 0.3) is 0 Å². The van der Waals surface area contributed by atoms with Crippen LogP contribution in [0.3, 0.4) is 0 Å². The van der Waals surface area contributed by atoms with E-state index in [1.54, 1.807) is 4.90 Å². The van der Waals surface area contributed by atoms with Crippen LogP contribution >= 0.6 is 0 Å². The molecular weight excluding hydrogens is 375 g/mol. The molecule has 1 N–H and O–H groups in total. The lowest BCUT2D eigenvalue weighted by atomic mass is 10.0. The van der Waals surface area contributed by atoms with E-state index < -0.39 is 30.9 Å². The molecule has 0 radical (unpaired) electrons. The number of sulfone groups is 1. The SMILES string of the molecule is O=[N+]([O-])c1cc(S(=O)(=O)C(F)(F)F)ccc1N1CCC(NC2CC2)CC1. The number of halogens is 3. The molecule has 0 unspecified atom stereocenters. The normalized spacial score (nSPS) is 19.6. The van der Waals surface area contributed by atoms with Crippen molar-refractivity contribution in [2.75, 3.05) is 18.0 Å². The Balaban J connectivity index is 1.83. The van der Waals surface area contributed by atoms with Crippen molar-refractivity contribution in [2.24, 2.45) is 0 Å². The fourth-order valence-corrected chi connectivity index (χ4v) is 3.87. The summed E-state index contributed by atoms with van der Waals surface area (Å²) in [4.78, 5) is 11.0. The lowest BCUT2D eigenvalue weighted by molar-refractivity contribution is -0.384. The van der Waals surface area contributed by atoms with Crippen molar-refractivity contribution in [3.8, 4) is 0 Å². The van der Waals surface area contributed by atoms with E-state index in [4.69, 9.17) is 0 Å². The van der Waals surface area contributed by atoms with Gasteiger partial charge in [0.2, 0.25) is 0 Å². The first kappa shape index (κ1) is 18.9. The van der Waals surface area contributed by atoms with Crippen molar-refractivity contribution in [2.45, 2.75) is 48.2 Å². The summed E-state index contributed by atoms with van der Waals surface area (Å²) < 4.78 is 61.0. The minimum absolute atomic E-state index is 0.140. The molecule has 1 saturated carbocycles. The topological polar surface area (TPSA) is 92.5 Å². The number of nitrogens with zero attached hydrogens (tertiary/aromatic N) is 2. The molecule has 0 aromatic heterocycles. The fourth-order valence-electron chi connectivity index (χ4n) is 3.09. The molecule has 26 heavy (non-hydrogen) atoms. The zero-order chi connectivity index (χ0) is 19.1. The Bertz CT molecular complexity index is 801. The largest absolute Gasteiger partial charge is 0.501 e. The molecule has 144 valence electrons. The van der Waals surface area contributed by atoms with E-state index in [1.807, 2.05) is 0 Å². The van der Waals surface area contributed by atoms with E-state index in [0.29, 0.717) is 31.2 Å². The van der Waals surface area contributed by atoms with Gasteiger partial charge in [-0.25, -0.2) is 8.42 Å². The molecule has 0 spiro atoms. The van der Waals surface area contributed by atoms with Gasteiger partial charge < -0.3 is 10.2 Å². The number of hydrogen-bond donors (Lipinski definition) is 1. The molecule has 0 bridgehead atoms. The molecule has 2 fully saturated rings. The van der Waals surface area contributed by atoms with E-state index in [0.717, 1.165) is 37.8 Å². The summed E-state index contributed by atoms with van der Waals surface area (Å²) in [7, 11) is -5.63. The van der Waals surface area contributed by atoms with E-state index in [2.05, 4.69) is 5.32 Å². The molecule has 1 aliphatic heterocycles. The third kappa shape index (κ3) is 3.78. The van der Waals surface area contributed by atoms with Gasteiger partial charge in [-0.2, -0.15) is 13.2 Å². The van der Waals surface area contributed by atoms with Crippen LogP contribution in [0.15, 0.2) is 23.1 Å². The molecule has 1 aromatic rings. The van der Waals surface area contributed by atoms with E-state index in [1.165, 1.54) is 0 Å². The van der Waals surface area contributed by atoms with E-state index in [9.17, 15) is 31.7 Å². The van der Waals surface area contributed by atoms with Gasteiger partial charge in [0.25, 0.3) is 15.5 Å². The molecule has 1 aromatic carbocycles. The number of benzene rings is 1. The molecule has 11 heteroatoms. The lowest BCUT2D eigenvalue weighted by Gasteiger charge is -2.33. The van der Waals surface area contributed by atoms with Gasteiger partial charge in [-0.3, -0.25) is 10.1 Å². The van der Waals surface area contributed by atoms with Crippen molar-refractivity contribution in [1.29, 1.82) is 0 Å². The highest BCUT2D eigenvalue weighted by Crippen LogP contribution is 2.37. The van der Waals surface area contributed by atoms with Gasteiger partial charge in [0.15, 0.2) is 0 Å². The Morgan fingerprint density at radius 2 is 1.69 bits per heavy atom. The van der Waals surface area contributed by atoms with Crippen LogP contribution in [-0.2, 0) is 9.84 Å². The van der Waals surface area contributed by atoms with Crippen molar-refractivity contribution in [3.63, 3.8) is 0 Å². The van der Waals surface area contributed by atoms with Crippen LogP contribution in [0.1, 0.15) is 25.7 Å². The summed E-state index contributed by atoms with van der Waals surface area (Å²) in [6.07, 6.45) is 3.83. The quantitative estimate of drug-likeness (QED) is 0.611. The van der Waals surface area contributed by atoms with Crippen molar-refractivity contribution in [3.05, 3.63) is 28.3 Å². The molecule has 1 saturated heterocycles. The Hall–Kier alpha value is -1.88. The lowest BCUT2D eigenvalue weighted by Crippen LogP contribution is -2.43. The summed E-state index contributed by atoms with van der Waals surface area (Å²) in [6, 6.07) is 3.23. The Morgan fingerprint density at radius 1 is 1.12 bits per heavy atom. The van der Waals surface area contributed by atoms with Crippen molar-refractivity contribution < 1.29 is 26.5 Å². The highest BCUT2D eigenvalue weighted by Gasteiger charge is 2.47. The number of hydrogen-bond acceptors (Lipinski definition) is 6. The van der Waals surface area contributed by atoms with Gasteiger partial charge in [0, 0.05) is 31.2 Å². The number of rotatable bonds is 5. The molecule has 2 aliphatic rings. The predicted molar refractivity (Wildman–Crippen MR) is 87.7 cm³/mol. The van der Waals surface area contributed by atoms with Crippen LogP contribution in [0.4, 0.5) is 24.5 Å². The summed E-state index contributed by atoms with van der Waals surface area (Å²) in [6.45, 7) is 1.02. The minimum atomic E-state index is -5.63. The molecule has 1 aliphatic carbocycles. The Kier molecular flexibility index (Phi) is 4.86. The van der Waals surface area contributed by atoms with E-state index in [-0.39, 0.29) is 5.69 Å². The van der Waals surface area contributed by atoms with Crippen molar-refractivity contribution in [1.82, 2.24) is 5.32 Å². The Labute approximate surface area is 148 Å². The average molecular weight is 393 g/mol. The highest BCUT2D eigenvalue weighted by atomic mass is 32.2. The number of piperidine rings is 1. The number of alkyl halides is 3. The average Bonchev–Trinajstić information content (AvgIpc) is 3.38. The second-order valence-corrected chi connectivity index (χ2v) is 8.50. The minimum Gasteiger partial charge on any atom is -0.366 e. The first-order valence-electron chi connectivity index (χ1n) is 8.20. The summed E-state index contributed by atoms with van der Waals surface area (Å²) >= 11 is 0. The third-order valence-corrected chi connectivity index (χ3v) is 6.13. The number of nitrogens with one attached hydrogen (secondary N) is 1. The number of nitro groups is 1. The predicted octanol–water partition coefficient (Wildman–Crippen LogP) is 2.61. The van der Waals surface area contributed by atoms with Crippen LogP contribution in [0.2, 0.25) is 0 Å². The maximum Gasteiger partial charge on any atom is 0.501 e. The molecule has 3 rings (SSSR count). The fraction of sp³-hybridized carbons (Fsp3) is 0.600. The summed E-state index contributed by atoms with van der Waals surface area (Å²) in [5.41, 5.74) is -6.00. The molecule has 7 nitrogen and oxygen atoms in total. The molecular formula is C15H18F3N3O4S. The zero-order valence-corrected chi connectivity index (χ0v) is 14.5. The monoisotopic (exact) mass is 393 g/mol. The van der Waals surface area contributed by atoms with Crippen LogP contribution < -0.4 is 10.2 Å². The first-order valence-corrected chi connectivity index (χ1v) is 9.68. The van der Waals surface area contributed by atoms with Gasteiger partial charge in [0.1, 0.15) is 5.69 Å². The summed E-state index contributed by atoms with van der Waals surface area (Å²) in [5.74, 6) is 0. The van der Waals surface area contributed by atoms with Gasteiger partial charge in [-0.05, 0) is 37.8 Å². The summed E-state index contributed by atoms with van der Waals surface area (Å²) in [5, 5.41) is 14.8. The van der Waals surface area contributed by atoms with E-state index >= 15 is 0 Å². The Morgan fingerprint density at radius 3 is 2.19 bits per heavy atom. The number of anilines is 1. The first-order chi connectivity index (χ1) is 12.1. The van der Waals surface area contributed by atoms with Crippen LogP contribution in [-0.4, -0.2) is 44.0 Å². The molecule has 1 heterocycles. The number of nitro benzene ring substituents is 1. The second kappa shape index (κ2) is 6.69.